The fourth-order valence-electron chi connectivity index (χ4n) is 4.13. The number of amides is 1. The molecule has 0 radical (unpaired) electrons. The van der Waals surface area contributed by atoms with E-state index in [1.165, 1.54) is 23.3 Å². The highest BCUT2D eigenvalue weighted by Crippen LogP contribution is 2.49. The van der Waals surface area contributed by atoms with Gasteiger partial charge in [-0.1, -0.05) is 29.3 Å². The van der Waals surface area contributed by atoms with E-state index in [-0.39, 0.29) is 17.8 Å². The van der Waals surface area contributed by atoms with Crippen LogP contribution in [0.1, 0.15) is 53.8 Å². The summed E-state index contributed by atoms with van der Waals surface area (Å²) in [5, 5.41) is 7.64. The Labute approximate surface area is 170 Å². The van der Waals surface area contributed by atoms with Crippen LogP contribution in [0.3, 0.4) is 0 Å². The monoisotopic (exact) mass is 391 g/mol. The van der Waals surface area contributed by atoms with Gasteiger partial charge in [-0.25, -0.2) is 9.07 Å². The number of benzene rings is 2. The molecule has 4 nitrogen and oxygen atoms in total. The van der Waals surface area contributed by atoms with E-state index in [0.717, 1.165) is 35.3 Å². The molecule has 1 heterocycles. The molecule has 1 aromatic heterocycles. The van der Waals surface area contributed by atoms with Gasteiger partial charge in [0.1, 0.15) is 5.82 Å². The quantitative estimate of drug-likeness (QED) is 0.676. The van der Waals surface area contributed by atoms with Gasteiger partial charge >= 0.3 is 0 Å². The van der Waals surface area contributed by atoms with Crippen LogP contribution in [-0.4, -0.2) is 15.7 Å². The Hall–Kier alpha value is -2.95. The van der Waals surface area contributed by atoms with E-state index in [2.05, 4.69) is 42.5 Å². The minimum absolute atomic E-state index is 0.0731. The van der Waals surface area contributed by atoms with Crippen LogP contribution in [0.4, 0.5) is 4.39 Å². The molecule has 1 aliphatic carbocycles. The number of halogens is 1. The first-order valence-corrected chi connectivity index (χ1v) is 10.0. The number of aryl methyl sites for hydroxylation is 2. The van der Waals surface area contributed by atoms with Crippen LogP contribution in [0, 0.1) is 26.6 Å². The van der Waals surface area contributed by atoms with Crippen molar-refractivity contribution >= 4 is 5.91 Å². The maximum absolute atomic E-state index is 13.2. The summed E-state index contributed by atoms with van der Waals surface area (Å²) >= 11 is 0. The number of aromatic nitrogens is 2. The molecule has 29 heavy (non-hydrogen) atoms. The second kappa shape index (κ2) is 7.14. The van der Waals surface area contributed by atoms with Crippen LogP contribution < -0.4 is 5.32 Å². The van der Waals surface area contributed by atoms with E-state index >= 15 is 0 Å². The third-order valence-corrected chi connectivity index (χ3v) is 5.89. The maximum atomic E-state index is 13.2. The van der Waals surface area contributed by atoms with Crippen molar-refractivity contribution in [2.75, 3.05) is 0 Å². The van der Waals surface area contributed by atoms with Gasteiger partial charge in [-0.05, 0) is 70.4 Å². The third-order valence-electron chi connectivity index (χ3n) is 5.89. The standard InChI is InChI=1S/C24H26FN3O/c1-15-11-16(2)13-19(12-15)24(9-10-24)23(29)27-17(3)22-14-26-28(18(22)4)21-7-5-20(25)6-8-21/h5-8,11-14,17H,9-10H2,1-4H3,(H,27,29). The molecule has 5 heteroatoms. The van der Waals surface area contributed by atoms with Crippen molar-refractivity contribution in [1.82, 2.24) is 15.1 Å². The fraction of sp³-hybridized carbons (Fsp3) is 0.333. The number of nitrogens with zero attached hydrogens (tertiary/aromatic N) is 2. The minimum atomic E-state index is -0.411. The molecule has 150 valence electrons. The van der Waals surface area contributed by atoms with Gasteiger partial charge in [0.25, 0.3) is 0 Å². The molecule has 0 aliphatic heterocycles. The number of rotatable bonds is 5. The van der Waals surface area contributed by atoms with E-state index in [0.29, 0.717) is 0 Å². The Kier molecular flexibility index (Phi) is 4.77. The number of carbonyl (C=O) groups is 1. The van der Waals surface area contributed by atoms with Gasteiger partial charge in [-0.15, -0.1) is 0 Å². The predicted octanol–water partition coefficient (Wildman–Crippen LogP) is 4.85. The van der Waals surface area contributed by atoms with Crippen molar-refractivity contribution in [3.8, 4) is 5.69 Å². The van der Waals surface area contributed by atoms with Crippen LogP contribution in [0.5, 0.6) is 0 Å². The number of hydrogen-bond acceptors (Lipinski definition) is 2. The van der Waals surface area contributed by atoms with E-state index < -0.39 is 5.41 Å². The van der Waals surface area contributed by atoms with E-state index in [1.807, 2.05) is 13.8 Å². The molecule has 2 aromatic carbocycles. The normalized spacial score (nSPS) is 15.8. The van der Waals surface area contributed by atoms with Gasteiger partial charge in [0.15, 0.2) is 0 Å². The number of carbonyl (C=O) groups excluding carboxylic acids is 1. The van der Waals surface area contributed by atoms with Crippen molar-refractivity contribution in [3.05, 3.63) is 82.4 Å². The van der Waals surface area contributed by atoms with Crippen LogP contribution in [0.2, 0.25) is 0 Å². The minimum Gasteiger partial charge on any atom is -0.349 e. The van der Waals surface area contributed by atoms with E-state index in [4.69, 9.17) is 0 Å². The molecule has 1 N–H and O–H groups in total. The molecule has 0 saturated heterocycles. The lowest BCUT2D eigenvalue weighted by Gasteiger charge is -2.21. The van der Waals surface area contributed by atoms with Crippen molar-refractivity contribution < 1.29 is 9.18 Å². The second-order valence-corrected chi connectivity index (χ2v) is 8.23. The van der Waals surface area contributed by atoms with E-state index in [9.17, 15) is 9.18 Å². The molecule has 0 spiro atoms. The predicted molar refractivity (Wildman–Crippen MR) is 112 cm³/mol. The van der Waals surface area contributed by atoms with Crippen molar-refractivity contribution in [3.63, 3.8) is 0 Å². The van der Waals surface area contributed by atoms with Gasteiger partial charge in [0.2, 0.25) is 5.91 Å². The first-order valence-electron chi connectivity index (χ1n) is 10.0. The summed E-state index contributed by atoms with van der Waals surface area (Å²) < 4.78 is 15.0. The second-order valence-electron chi connectivity index (χ2n) is 8.23. The smallest absolute Gasteiger partial charge is 0.231 e. The highest BCUT2D eigenvalue weighted by Gasteiger charge is 2.51. The van der Waals surface area contributed by atoms with Gasteiger partial charge in [0.05, 0.1) is 23.3 Å². The topological polar surface area (TPSA) is 46.9 Å². The third kappa shape index (κ3) is 3.57. The number of hydrogen-bond donors (Lipinski definition) is 1. The Morgan fingerprint density at radius 3 is 2.31 bits per heavy atom. The molecule has 1 aliphatic rings. The first-order chi connectivity index (χ1) is 13.8. The summed E-state index contributed by atoms with van der Waals surface area (Å²) in [6, 6.07) is 12.4. The van der Waals surface area contributed by atoms with Crippen LogP contribution in [0.25, 0.3) is 5.69 Å². The maximum Gasteiger partial charge on any atom is 0.231 e. The molecule has 0 bridgehead atoms. The lowest BCUT2D eigenvalue weighted by atomic mass is 9.91. The zero-order valence-corrected chi connectivity index (χ0v) is 17.3. The Bertz CT molecular complexity index is 1040. The molecule has 1 unspecified atom stereocenters. The summed E-state index contributed by atoms with van der Waals surface area (Å²) in [6.45, 7) is 8.08. The lowest BCUT2D eigenvalue weighted by Crippen LogP contribution is -2.36. The lowest BCUT2D eigenvalue weighted by molar-refractivity contribution is -0.124. The highest BCUT2D eigenvalue weighted by molar-refractivity contribution is 5.91. The largest absolute Gasteiger partial charge is 0.349 e. The van der Waals surface area contributed by atoms with Gasteiger partial charge < -0.3 is 5.32 Å². The Morgan fingerprint density at radius 2 is 1.72 bits per heavy atom. The summed E-state index contributed by atoms with van der Waals surface area (Å²) in [6.07, 6.45) is 3.53. The van der Waals surface area contributed by atoms with Crippen LogP contribution in [0.15, 0.2) is 48.7 Å². The first kappa shape index (κ1) is 19.4. The zero-order valence-electron chi connectivity index (χ0n) is 17.3. The van der Waals surface area contributed by atoms with Crippen molar-refractivity contribution in [1.29, 1.82) is 0 Å². The Morgan fingerprint density at radius 1 is 1.10 bits per heavy atom. The van der Waals surface area contributed by atoms with E-state index in [1.54, 1.807) is 23.0 Å². The zero-order chi connectivity index (χ0) is 20.8. The van der Waals surface area contributed by atoms with Gasteiger partial charge in [0, 0.05) is 11.3 Å². The molecule has 1 amide bonds. The fourth-order valence-corrected chi connectivity index (χ4v) is 4.13. The summed E-state index contributed by atoms with van der Waals surface area (Å²) in [7, 11) is 0. The van der Waals surface area contributed by atoms with Crippen LogP contribution in [-0.2, 0) is 10.2 Å². The molecular weight excluding hydrogens is 365 g/mol. The summed E-state index contributed by atoms with van der Waals surface area (Å²) in [5.74, 6) is -0.204. The van der Waals surface area contributed by atoms with Gasteiger partial charge in [-0.2, -0.15) is 5.10 Å². The summed E-state index contributed by atoms with van der Waals surface area (Å²) in [5.41, 5.74) is 5.75. The molecule has 1 atom stereocenters. The average molecular weight is 391 g/mol. The SMILES string of the molecule is Cc1cc(C)cc(C2(C(=O)NC(C)c3cnn(-c4ccc(F)cc4)c3C)CC2)c1. The summed E-state index contributed by atoms with van der Waals surface area (Å²) in [4.78, 5) is 13.2. The average Bonchev–Trinajstić information content (AvgIpc) is 3.39. The van der Waals surface area contributed by atoms with Crippen molar-refractivity contribution in [2.24, 2.45) is 0 Å². The Balaban J connectivity index is 1.54. The van der Waals surface area contributed by atoms with Crippen molar-refractivity contribution in [2.45, 2.75) is 52.0 Å². The highest BCUT2D eigenvalue weighted by atomic mass is 19.1. The van der Waals surface area contributed by atoms with Crippen LogP contribution >= 0.6 is 0 Å². The number of nitrogens with one attached hydrogen (secondary N) is 1. The molecular formula is C24H26FN3O. The molecule has 1 fully saturated rings. The van der Waals surface area contributed by atoms with Gasteiger partial charge in [-0.3, -0.25) is 4.79 Å². The molecule has 1 saturated carbocycles. The molecule has 4 rings (SSSR count). The molecule has 3 aromatic rings.